The summed E-state index contributed by atoms with van der Waals surface area (Å²) in [6.07, 6.45) is 0. The fraction of sp³-hybridized carbons (Fsp3) is 0.391. The maximum absolute atomic E-state index is 13.1. The monoisotopic (exact) mass is 475 g/mol. The van der Waals surface area contributed by atoms with Gasteiger partial charge in [-0.05, 0) is 50.5 Å². The second-order valence-corrected chi connectivity index (χ2v) is 9.30. The van der Waals surface area contributed by atoms with Crippen LogP contribution in [0.4, 0.5) is 0 Å². The number of benzene rings is 1. The fourth-order valence-electron chi connectivity index (χ4n) is 3.55. The van der Waals surface area contributed by atoms with Crippen molar-refractivity contribution in [2.45, 2.75) is 46.3 Å². The van der Waals surface area contributed by atoms with Crippen molar-refractivity contribution in [3.63, 3.8) is 0 Å². The second-order valence-electron chi connectivity index (χ2n) is 7.92. The maximum atomic E-state index is 13.1. The molecule has 0 aliphatic heterocycles. The van der Waals surface area contributed by atoms with Gasteiger partial charge in [-0.15, -0.1) is 0 Å². The number of fused-ring (bicyclic) bond motifs is 1. The summed E-state index contributed by atoms with van der Waals surface area (Å²) in [5.74, 6) is -0.374. The van der Waals surface area contributed by atoms with Crippen molar-refractivity contribution in [2.75, 3.05) is 12.4 Å². The lowest BCUT2D eigenvalue weighted by atomic mass is 10.1. The normalized spacial score (nSPS) is 11.3. The summed E-state index contributed by atoms with van der Waals surface area (Å²) in [5, 5.41) is 1.43. The van der Waals surface area contributed by atoms with Crippen molar-refractivity contribution in [1.82, 2.24) is 14.5 Å². The van der Waals surface area contributed by atoms with Gasteiger partial charge in [0.15, 0.2) is 10.9 Å². The van der Waals surface area contributed by atoms with Gasteiger partial charge in [0, 0.05) is 17.3 Å². The summed E-state index contributed by atoms with van der Waals surface area (Å²) in [6, 6.07) is 4.99. The second kappa shape index (κ2) is 9.92. The van der Waals surface area contributed by atoms with Crippen molar-refractivity contribution < 1.29 is 14.3 Å². The Bertz CT molecular complexity index is 1250. The minimum absolute atomic E-state index is 0.0552. The van der Waals surface area contributed by atoms with Crippen LogP contribution in [0.25, 0.3) is 10.9 Å². The first kappa shape index (κ1) is 24.1. The number of ketones is 1. The predicted octanol–water partition coefficient (Wildman–Crippen LogP) is 4.80. The summed E-state index contributed by atoms with van der Waals surface area (Å²) < 4.78 is 6.70. The standard InChI is InChI=1S/C23H26ClN3O4S/c1-6-31-22(30)19-13(4)20(25-14(19)5)18(28)11-32-23-26-17-9-15(24)7-8-16(17)21(29)27(23)10-12(2)3/h7-9,12,25H,6,10-11H2,1-5H3. The molecule has 0 unspecified atom stereocenters. The van der Waals surface area contributed by atoms with Gasteiger partial charge in [0.1, 0.15) is 0 Å². The van der Waals surface area contributed by atoms with Crippen LogP contribution in [-0.2, 0) is 11.3 Å². The molecular weight excluding hydrogens is 450 g/mol. The summed E-state index contributed by atoms with van der Waals surface area (Å²) in [4.78, 5) is 45.9. The van der Waals surface area contributed by atoms with E-state index in [2.05, 4.69) is 9.97 Å². The van der Waals surface area contributed by atoms with E-state index in [4.69, 9.17) is 16.3 Å². The van der Waals surface area contributed by atoms with E-state index in [-0.39, 0.29) is 29.6 Å². The minimum Gasteiger partial charge on any atom is -0.462 e. The van der Waals surface area contributed by atoms with Crippen LogP contribution in [0.3, 0.4) is 0 Å². The third-order valence-electron chi connectivity index (χ3n) is 4.96. The van der Waals surface area contributed by atoms with E-state index in [9.17, 15) is 14.4 Å². The zero-order chi connectivity index (χ0) is 23.6. The van der Waals surface area contributed by atoms with Crippen molar-refractivity contribution >= 4 is 46.0 Å². The number of ether oxygens (including phenoxy) is 1. The summed E-state index contributed by atoms with van der Waals surface area (Å²) in [7, 11) is 0. The highest BCUT2D eigenvalue weighted by Crippen LogP contribution is 2.24. The molecular formula is C23H26ClN3O4S. The molecule has 0 atom stereocenters. The molecule has 170 valence electrons. The van der Waals surface area contributed by atoms with Crippen LogP contribution in [-0.4, -0.2) is 38.6 Å². The number of rotatable bonds is 8. The number of esters is 1. The van der Waals surface area contributed by atoms with Crippen LogP contribution < -0.4 is 5.56 Å². The Kier molecular flexibility index (Phi) is 7.46. The van der Waals surface area contributed by atoms with Crippen LogP contribution in [0.5, 0.6) is 0 Å². The van der Waals surface area contributed by atoms with E-state index in [1.165, 1.54) is 11.8 Å². The van der Waals surface area contributed by atoms with Gasteiger partial charge in [0.2, 0.25) is 0 Å². The van der Waals surface area contributed by atoms with Gasteiger partial charge in [0.05, 0.1) is 34.5 Å². The highest BCUT2D eigenvalue weighted by molar-refractivity contribution is 7.99. The number of aromatic amines is 1. The summed E-state index contributed by atoms with van der Waals surface area (Å²) in [6.45, 7) is 9.96. The number of thioether (sulfide) groups is 1. The smallest absolute Gasteiger partial charge is 0.340 e. The highest BCUT2D eigenvalue weighted by atomic mass is 35.5. The first-order chi connectivity index (χ1) is 15.1. The lowest BCUT2D eigenvalue weighted by Gasteiger charge is -2.15. The number of H-pyrrole nitrogens is 1. The molecule has 0 bridgehead atoms. The Morgan fingerprint density at radius 3 is 2.66 bits per heavy atom. The highest BCUT2D eigenvalue weighted by Gasteiger charge is 2.23. The molecule has 0 saturated heterocycles. The SMILES string of the molecule is CCOC(=O)c1c(C)[nH]c(C(=O)CSc2nc3cc(Cl)ccc3c(=O)n2CC(C)C)c1C. The van der Waals surface area contributed by atoms with E-state index >= 15 is 0 Å². The molecule has 1 N–H and O–H groups in total. The van der Waals surface area contributed by atoms with E-state index in [1.807, 2.05) is 13.8 Å². The third-order valence-corrected chi connectivity index (χ3v) is 6.17. The molecule has 0 radical (unpaired) electrons. The number of aromatic nitrogens is 3. The molecule has 1 aromatic carbocycles. The largest absolute Gasteiger partial charge is 0.462 e. The minimum atomic E-state index is -0.454. The summed E-state index contributed by atoms with van der Waals surface area (Å²) >= 11 is 7.28. The van der Waals surface area contributed by atoms with Gasteiger partial charge >= 0.3 is 5.97 Å². The molecule has 0 spiro atoms. The Morgan fingerprint density at radius 2 is 2.00 bits per heavy atom. The topological polar surface area (TPSA) is 94.1 Å². The van der Waals surface area contributed by atoms with E-state index in [0.717, 1.165) is 0 Å². The zero-order valence-electron chi connectivity index (χ0n) is 18.7. The number of carbonyl (C=O) groups is 2. The molecule has 0 amide bonds. The van der Waals surface area contributed by atoms with Gasteiger partial charge in [-0.3, -0.25) is 14.2 Å². The van der Waals surface area contributed by atoms with Crippen LogP contribution >= 0.6 is 23.4 Å². The quantitative estimate of drug-likeness (QED) is 0.217. The summed E-state index contributed by atoms with van der Waals surface area (Å²) in [5.41, 5.74) is 2.23. The van der Waals surface area contributed by atoms with Gasteiger partial charge in [-0.2, -0.15) is 0 Å². The van der Waals surface area contributed by atoms with Crippen LogP contribution in [0.15, 0.2) is 28.2 Å². The zero-order valence-corrected chi connectivity index (χ0v) is 20.3. The lowest BCUT2D eigenvalue weighted by molar-refractivity contribution is 0.0525. The van der Waals surface area contributed by atoms with Crippen molar-refractivity contribution in [1.29, 1.82) is 0 Å². The van der Waals surface area contributed by atoms with Gasteiger partial charge in [0.25, 0.3) is 5.56 Å². The van der Waals surface area contributed by atoms with Gasteiger partial charge < -0.3 is 9.72 Å². The lowest BCUT2D eigenvalue weighted by Crippen LogP contribution is -2.25. The Hall–Kier alpha value is -2.58. The first-order valence-electron chi connectivity index (χ1n) is 10.4. The molecule has 32 heavy (non-hydrogen) atoms. The maximum Gasteiger partial charge on any atom is 0.340 e. The number of hydrogen-bond donors (Lipinski definition) is 1. The molecule has 0 aliphatic carbocycles. The van der Waals surface area contributed by atoms with Gasteiger partial charge in [-0.1, -0.05) is 37.2 Å². The third kappa shape index (κ3) is 4.91. The number of halogens is 1. The van der Waals surface area contributed by atoms with Crippen LogP contribution in [0.2, 0.25) is 5.02 Å². The van der Waals surface area contributed by atoms with Gasteiger partial charge in [-0.25, -0.2) is 9.78 Å². The number of nitrogens with zero attached hydrogens (tertiary/aromatic N) is 2. The van der Waals surface area contributed by atoms with Crippen molar-refractivity contribution in [3.05, 3.63) is 56.1 Å². The molecule has 3 aromatic rings. The molecule has 0 saturated carbocycles. The average Bonchev–Trinajstić information content (AvgIpc) is 3.02. The molecule has 9 heteroatoms. The molecule has 3 rings (SSSR count). The number of hydrogen-bond acceptors (Lipinski definition) is 6. The van der Waals surface area contributed by atoms with Crippen molar-refractivity contribution in [3.8, 4) is 0 Å². The Morgan fingerprint density at radius 1 is 1.28 bits per heavy atom. The average molecular weight is 476 g/mol. The van der Waals surface area contributed by atoms with E-state index in [0.29, 0.717) is 50.1 Å². The Labute approximate surface area is 195 Å². The molecule has 0 fully saturated rings. The van der Waals surface area contributed by atoms with Crippen molar-refractivity contribution in [2.24, 2.45) is 5.92 Å². The molecule has 7 nitrogen and oxygen atoms in total. The van der Waals surface area contributed by atoms with E-state index < -0.39 is 5.97 Å². The van der Waals surface area contributed by atoms with Crippen LogP contribution in [0.1, 0.15) is 52.9 Å². The molecule has 2 heterocycles. The molecule has 2 aromatic heterocycles. The fourth-order valence-corrected chi connectivity index (χ4v) is 4.60. The predicted molar refractivity (Wildman–Crippen MR) is 127 cm³/mol. The number of carbonyl (C=O) groups excluding carboxylic acids is 2. The number of nitrogens with one attached hydrogen (secondary N) is 1. The number of Topliss-reactive ketones (excluding diaryl/α,β-unsaturated/α-hetero) is 1. The first-order valence-corrected chi connectivity index (χ1v) is 11.7. The molecule has 0 aliphatic rings. The van der Waals surface area contributed by atoms with E-state index in [1.54, 1.807) is 43.5 Å². The Balaban J connectivity index is 1.93. The number of aryl methyl sites for hydroxylation is 1. The van der Waals surface area contributed by atoms with Crippen LogP contribution in [0, 0.1) is 19.8 Å².